The monoisotopic (exact) mass is 279 g/mol. The zero-order valence-electron chi connectivity index (χ0n) is 11.3. The van der Waals surface area contributed by atoms with E-state index in [2.05, 4.69) is 15.5 Å². The molecule has 5 nitrogen and oxygen atoms in total. The number of rotatable bonds is 4. The van der Waals surface area contributed by atoms with Crippen molar-refractivity contribution in [3.63, 3.8) is 0 Å². The summed E-state index contributed by atoms with van der Waals surface area (Å²) in [4.78, 5) is 4.50. The number of pyridine rings is 1. The van der Waals surface area contributed by atoms with Crippen LogP contribution < -0.4 is 11.3 Å². The molecule has 2 heterocycles. The highest BCUT2D eigenvalue weighted by Crippen LogP contribution is 2.28. The van der Waals surface area contributed by atoms with Gasteiger partial charge in [0.05, 0.1) is 22.6 Å². The molecule has 2 aromatic heterocycles. The lowest BCUT2D eigenvalue weighted by Gasteiger charge is -2.20. The van der Waals surface area contributed by atoms with E-state index in [-0.39, 0.29) is 12.1 Å². The molecule has 2 aromatic rings. The largest absolute Gasteiger partial charge is 0.270 e. The molecule has 0 saturated carbocycles. The van der Waals surface area contributed by atoms with Crippen LogP contribution in [0.5, 0.6) is 0 Å². The van der Waals surface area contributed by atoms with Crippen molar-refractivity contribution in [1.82, 2.24) is 20.2 Å². The summed E-state index contributed by atoms with van der Waals surface area (Å²) in [7, 11) is 0. The van der Waals surface area contributed by atoms with E-state index in [1.165, 1.54) is 0 Å². The van der Waals surface area contributed by atoms with Crippen molar-refractivity contribution >= 4 is 11.6 Å². The Labute approximate surface area is 117 Å². The van der Waals surface area contributed by atoms with Crippen LogP contribution in [0.1, 0.15) is 43.0 Å². The standard InChI is InChI=1S/C13H18ClN5/c1-8(2)19-13(10(14)7-16-19)12(18-15)11-6-4-5-9(3)17-11/h4-8,12,18H,15H2,1-3H3. The second-order valence-corrected chi connectivity index (χ2v) is 5.13. The molecule has 0 bridgehead atoms. The molecule has 6 heteroatoms. The van der Waals surface area contributed by atoms with Crippen molar-refractivity contribution in [3.05, 3.63) is 46.5 Å². The van der Waals surface area contributed by atoms with Crippen LogP contribution in [0.2, 0.25) is 5.02 Å². The number of hydrazine groups is 1. The highest BCUT2D eigenvalue weighted by atomic mass is 35.5. The van der Waals surface area contributed by atoms with Crippen LogP contribution in [0.3, 0.4) is 0 Å². The van der Waals surface area contributed by atoms with Gasteiger partial charge in [-0.05, 0) is 32.9 Å². The van der Waals surface area contributed by atoms with Gasteiger partial charge in [-0.3, -0.25) is 15.5 Å². The number of aromatic nitrogens is 3. The molecular weight excluding hydrogens is 262 g/mol. The van der Waals surface area contributed by atoms with Gasteiger partial charge >= 0.3 is 0 Å². The van der Waals surface area contributed by atoms with E-state index in [0.29, 0.717) is 5.02 Å². The SMILES string of the molecule is Cc1cccc(C(NN)c2c(Cl)cnn2C(C)C)n1. The highest BCUT2D eigenvalue weighted by Gasteiger charge is 2.23. The van der Waals surface area contributed by atoms with Gasteiger partial charge < -0.3 is 0 Å². The molecule has 19 heavy (non-hydrogen) atoms. The molecule has 0 aliphatic rings. The van der Waals surface area contributed by atoms with E-state index < -0.39 is 0 Å². The summed E-state index contributed by atoms with van der Waals surface area (Å²) < 4.78 is 1.86. The first-order valence-corrected chi connectivity index (χ1v) is 6.55. The Kier molecular flexibility index (Phi) is 4.19. The molecular formula is C13H18ClN5. The maximum Gasteiger partial charge on any atom is 0.106 e. The summed E-state index contributed by atoms with van der Waals surface area (Å²) in [6, 6.07) is 5.73. The summed E-state index contributed by atoms with van der Waals surface area (Å²) in [6.45, 7) is 6.03. The lowest BCUT2D eigenvalue weighted by Crippen LogP contribution is -2.32. The minimum atomic E-state index is -0.280. The molecule has 1 unspecified atom stereocenters. The first-order chi connectivity index (χ1) is 9.04. The van der Waals surface area contributed by atoms with Crippen LogP contribution in [0.25, 0.3) is 0 Å². The van der Waals surface area contributed by atoms with Crippen LogP contribution in [-0.2, 0) is 0 Å². The fraction of sp³-hybridized carbons (Fsp3) is 0.385. The molecule has 0 amide bonds. The van der Waals surface area contributed by atoms with Crippen molar-refractivity contribution in [3.8, 4) is 0 Å². The van der Waals surface area contributed by atoms with Crippen molar-refractivity contribution < 1.29 is 0 Å². The Hall–Kier alpha value is -1.43. The van der Waals surface area contributed by atoms with Gasteiger partial charge in [-0.25, -0.2) is 5.43 Å². The number of hydrogen-bond acceptors (Lipinski definition) is 4. The maximum atomic E-state index is 6.25. The van der Waals surface area contributed by atoms with E-state index in [4.69, 9.17) is 17.4 Å². The predicted molar refractivity (Wildman–Crippen MR) is 75.8 cm³/mol. The Balaban J connectivity index is 2.51. The second-order valence-electron chi connectivity index (χ2n) is 4.72. The molecule has 0 aromatic carbocycles. The normalized spacial score (nSPS) is 12.9. The molecule has 0 fully saturated rings. The summed E-state index contributed by atoms with van der Waals surface area (Å²) in [5, 5.41) is 4.88. The summed E-state index contributed by atoms with van der Waals surface area (Å²) >= 11 is 6.25. The number of nitrogens with two attached hydrogens (primary N) is 1. The topological polar surface area (TPSA) is 68.8 Å². The summed E-state index contributed by atoms with van der Waals surface area (Å²) in [5.41, 5.74) is 5.37. The Bertz CT molecular complexity index is 564. The average Bonchev–Trinajstić information content (AvgIpc) is 2.73. The van der Waals surface area contributed by atoms with Gasteiger partial charge in [0, 0.05) is 11.7 Å². The minimum absolute atomic E-state index is 0.197. The molecule has 0 radical (unpaired) electrons. The van der Waals surface area contributed by atoms with Gasteiger partial charge in [0.15, 0.2) is 0 Å². The third-order valence-corrected chi connectivity index (χ3v) is 3.21. The van der Waals surface area contributed by atoms with Crippen LogP contribution in [0.15, 0.2) is 24.4 Å². The quantitative estimate of drug-likeness (QED) is 0.666. The van der Waals surface area contributed by atoms with Crippen LogP contribution in [0.4, 0.5) is 0 Å². The molecule has 2 rings (SSSR count). The van der Waals surface area contributed by atoms with Crippen molar-refractivity contribution in [1.29, 1.82) is 0 Å². The van der Waals surface area contributed by atoms with Gasteiger partial charge in [-0.15, -0.1) is 0 Å². The van der Waals surface area contributed by atoms with Gasteiger partial charge in [0.1, 0.15) is 6.04 Å². The maximum absolute atomic E-state index is 6.25. The molecule has 102 valence electrons. The molecule has 1 atom stereocenters. The zero-order chi connectivity index (χ0) is 14.0. The molecule has 0 saturated heterocycles. The number of halogens is 1. The molecule has 0 aliphatic heterocycles. The summed E-state index contributed by atoms with van der Waals surface area (Å²) in [5.74, 6) is 5.69. The lowest BCUT2D eigenvalue weighted by molar-refractivity contribution is 0.472. The van der Waals surface area contributed by atoms with Crippen LogP contribution in [-0.4, -0.2) is 14.8 Å². The first-order valence-electron chi connectivity index (χ1n) is 6.17. The minimum Gasteiger partial charge on any atom is -0.270 e. The van der Waals surface area contributed by atoms with Crippen LogP contribution in [0, 0.1) is 6.92 Å². The van der Waals surface area contributed by atoms with E-state index in [1.807, 2.05) is 43.7 Å². The predicted octanol–water partition coefficient (Wildman–Crippen LogP) is 2.37. The van der Waals surface area contributed by atoms with Crippen molar-refractivity contribution in [2.75, 3.05) is 0 Å². The van der Waals surface area contributed by atoms with Gasteiger partial charge in [-0.1, -0.05) is 17.7 Å². The number of nitrogens with zero attached hydrogens (tertiary/aromatic N) is 3. The third kappa shape index (κ3) is 2.78. The zero-order valence-corrected chi connectivity index (χ0v) is 12.0. The number of hydrogen-bond donors (Lipinski definition) is 2. The van der Waals surface area contributed by atoms with E-state index in [1.54, 1.807) is 6.20 Å². The van der Waals surface area contributed by atoms with Crippen LogP contribution >= 0.6 is 11.6 Å². The smallest absolute Gasteiger partial charge is 0.106 e. The number of nitrogens with one attached hydrogen (secondary N) is 1. The summed E-state index contributed by atoms with van der Waals surface area (Å²) in [6.07, 6.45) is 1.64. The molecule has 0 aliphatic carbocycles. The first kappa shape index (κ1) is 14.0. The number of aryl methyl sites for hydroxylation is 1. The fourth-order valence-electron chi connectivity index (χ4n) is 2.06. The lowest BCUT2D eigenvalue weighted by atomic mass is 10.1. The third-order valence-electron chi connectivity index (χ3n) is 2.92. The van der Waals surface area contributed by atoms with E-state index >= 15 is 0 Å². The average molecular weight is 280 g/mol. The van der Waals surface area contributed by atoms with E-state index in [0.717, 1.165) is 17.1 Å². The van der Waals surface area contributed by atoms with Crippen molar-refractivity contribution in [2.45, 2.75) is 32.9 Å². The van der Waals surface area contributed by atoms with E-state index in [9.17, 15) is 0 Å². The second kappa shape index (κ2) is 5.69. The van der Waals surface area contributed by atoms with Gasteiger partial charge in [0.25, 0.3) is 0 Å². The Morgan fingerprint density at radius 2 is 2.11 bits per heavy atom. The Morgan fingerprint density at radius 3 is 2.68 bits per heavy atom. The Morgan fingerprint density at radius 1 is 1.37 bits per heavy atom. The fourth-order valence-corrected chi connectivity index (χ4v) is 2.30. The van der Waals surface area contributed by atoms with Gasteiger partial charge in [-0.2, -0.15) is 5.10 Å². The highest BCUT2D eigenvalue weighted by molar-refractivity contribution is 6.31. The van der Waals surface area contributed by atoms with Crippen molar-refractivity contribution in [2.24, 2.45) is 5.84 Å². The molecule has 3 N–H and O–H groups in total. The molecule has 0 spiro atoms. The van der Waals surface area contributed by atoms with Gasteiger partial charge in [0.2, 0.25) is 0 Å².